The maximum absolute atomic E-state index is 12.8. The van der Waals surface area contributed by atoms with Gasteiger partial charge in [-0.05, 0) is 105 Å². The second kappa shape index (κ2) is 27.9. The molecule has 444 valence electrons. The van der Waals surface area contributed by atoms with Crippen LogP contribution < -0.4 is 4.90 Å². The number of rotatable bonds is 33. The lowest BCUT2D eigenvalue weighted by molar-refractivity contribution is -0.438. The Hall–Kier alpha value is -5.30. The van der Waals surface area contributed by atoms with Crippen LogP contribution in [0.3, 0.4) is 0 Å². The monoisotopic (exact) mass is 1210 g/mol. The van der Waals surface area contributed by atoms with Crippen LogP contribution in [0.15, 0.2) is 116 Å². The number of fused-ring (bicyclic) bond motifs is 6. The van der Waals surface area contributed by atoms with Gasteiger partial charge in [0.15, 0.2) is 5.71 Å². The number of carbonyl (C=O) groups is 1. The van der Waals surface area contributed by atoms with Crippen LogP contribution in [0.5, 0.6) is 0 Å². The van der Waals surface area contributed by atoms with E-state index in [-0.39, 0.29) is 74.0 Å². The molecule has 0 aliphatic carbocycles. The molecule has 0 saturated heterocycles. The number of likely N-dealkylation sites (N-methyl/N-ethyl adjacent to an activating group) is 1. The second-order valence-corrected chi connectivity index (χ2v) is 25.2. The first-order valence-corrected chi connectivity index (χ1v) is 31.7. The molecule has 4 aromatic carbocycles. The Bertz CT molecular complexity index is 3580. The van der Waals surface area contributed by atoms with Crippen LogP contribution in [0, 0.1) is 0 Å². The van der Waals surface area contributed by atoms with Gasteiger partial charge in [0.1, 0.15) is 21.6 Å². The molecular formula is C55H70N2O20S4. The highest BCUT2D eigenvalue weighted by Gasteiger charge is 2.49. The number of carboxylic acid groups (broad SMARTS) is 1. The molecule has 2 aliphatic heterocycles. The number of allylic oxidation sites excluding steroid dienone is 8. The van der Waals surface area contributed by atoms with E-state index >= 15 is 0 Å². The Morgan fingerprint density at radius 1 is 0.605 bits per heavy atom. The average molecular weight is 1210 g/mol. The highest BCUT2D eigenvalue weighted by Crippen LogP contribution is 2.54. The summed E-state index contributed by atoms with van der Waals surface area (Å²) in [6.07, 6.45) is 14.5. The summed E-state index contributed by atoms with van der Waals surface area (Å²) in [5.74, 6) is -0.941. The largest absolute Gasteiger partial charge is 0.744 e. The number of aliphatic carboxylic acids is 1. The van der Waals surface area contributed by atoms with Crippen molar-refractivity contribution in [2.45, 2.75) is 89.7 Å². The molecule has 4 N–H and O–H groups in total. The molecule has 2 unspecified atom stereocenters. The van der Waals surface area contributed by atoms with E-state index in [0.717, 1.165) is 11.8 Å². The van der Waals surface area contributed by atoms with Gasteiger partial charge in [-0.1, -0.05) is 36.4 Å². The minimum atomic E-state index is -5.29. The van der Waals surface area contributed by atoms with Crippen molar-refractivity contribution in [2.75, 3.05) is 98.3 Å². The summed E-state index contributed by atoms with van der Waals surface area (Å²) in [6.45, 7) is 9.24. The average Bonchev–Trinajstić information content (AvgIpc) is 2.34. The number of nitrogens with zero attached hydrogens (tertiary/aromatic N) is 2. The van der Waals surface area contributed by atoms with E-state index in [1.165, 1.54) is 18.2 Å². The fraction of sp³-hybridized carbons (Fsp3) is 0.455. The van der Waals surface area contributed by atoms with E-state index < -0.39 is 76.9 Å². The molecule has 81 heavy (non-hydrogen) atoms. The Morgan fingerprint density at radius 2 is 1.11 bits per heavy atom. The van der Waals surface area contributed by atoms with Gasteiger partial charge in [-0.25, -0.2) is 8.42 Å². The molecule has 0 aromatic heterocycles. The standard InChI is InChI=1S/C55H70N2O20S4/c1-6-56-45-20-18-41-43(35-39(78(60,61)62)37-47(41)80(66,67)68)52(45)54(2,22-25-74-31-33-76-29-27-72-4)49(56)15-11-8-7-9-12-16-50-55(3,23-26-75-32-34-77-30-28-73-5)53-44-36-40(79(63,64)65)38-48(81(69,70)71)42(44)19-21-46(53)57(50)24-14-10-13-17-51(58)59/h7-9,11-12,15-16,18-21,35-38H,6,10,13-14,17,22-34H2,1-5H3,(H4-,58,59,60,61,62,63,64,65,66,67,68,69,70,71). The zero-order valence-corrected chi connectivity index (χ0v) is 49.0. The fourth-order valence-corrected chi connectivity index (χ4v) is 13.2. The van der Waals surface area contributed by atoms with Crippen molar-refractivity contribution >= 4 is 85.1 Å². The van der Waals surface area contributed by atoms with Crippen LogP contribution in [0.2, 0.25) is 0 Å². The summed E-state index contributed by atoms with van der Waals surface area (Å²) in [5, 5.41) is 9.58. The molecule has 26 heteroatoms. The number of ether oxygens (including phenoxy) is 6. The molecule has 0 fully saturated rings. The van der Waals surface area contributed by atoms with Gasteiger partial charge in [0.2, 0.25) is 5.69 Å². The number of methoxy groups -OCH3 is 2. The third-order valence-electron chi connectivity index (χ3n) is 14.3. The Balaban J connectivity index is 1.43. The second-order valence-electron chi connectivity index (χ2n) is 19.6. The molecule has 0 bridgehead atoms. The summed E-state index contributed by atoms with van der Waals surface area (Å²) < 4.78 is 180. The van der Waals surface area contributed by atoms with E-state index in [0.29, 0.717) is 106 Å². The van der Waals surface area contributed by atoms with Gasteiger partial charge in [0, 0.05) is 92.1 Å². The highest BCUT2D eigenvalue weighted by molar-refractivity contribution is 7.87. The van der Waals surface area contributed by atoms with E-state index in [1.54, 1.807) is 56.7 Å². The van der Waals surface area contributed by atoms with Crippen LogP contribution in [0.25, 0.3) is 21.5 Å². The van der Waals surface area contributed by atoms with Crippen molar-refractivity contribution in [3.05, 3.63) is 108 Å². The number of unbranched alkanes of at least 4 members (excludes halogenated alkanes) is 2. The maximum Gasteiger partial charge on any atom is 0.303 e. The van der Waals surface area contributed by atoms with Crippen LogP contribution in [0.1, 0.15) is 70.4 Å². The third-order valence-corrected chi connectivity index (χ3v) is 17.7. The van der Waals surface area contributed by atoms with Gasteiger partial charge < -0.3 is 43.0 Å². The topological polar surface area (TPSA) is 319 Å². The predicted octanol–water partition coefficient (Wildman–Crippen LogP) is 7.13. The molecule has 0 saturated carbocycles. The van der Waals surface area contributed by atoms with Crippen LogP contribution in [-0.4, -0.2) is 167 Å². The van der Waals surface area contributed by atoms with Gasteiger partial charge in [-0.3, -0.25) is 18.5 Å². The first-order chi connectivity index (χ1) is 38.2. The molecule has 0 radical (unpaired) electrons. The number of carboxylic acids is 1. The quantitative estimate of drug-likeness (QED) is 0.0159. The maximum atomic E-state index is 12.8. The Morgan fingerprint density at radius 3 is 1.65 bits per heavy atom. The molecule has 0 spiro atoms. The zero-order valence-electron chi connectivity index (χ0n) is 45.7. The highest BCUT2D eigenvalue weighted by atomic mass is 32.2. The van der Waals surface area contributed by atoms with Crippen molar-refractivity contribution in [3.63, 3.8) is 0 Å². The molecule has 2 heterocycles. The van der Waals surface area contributed by atoms with E-state index in [2.05, 4.69) is 0 Å². The number of hydrogen-bond acceptors (Lipinski definition) is 17. The summed E-state index contributed by atoms with van der Waals surface area (Å²) in [7, 11) is -17.2. The molecule has 2 atom stereocenters. The van der Waals surface area contributed by atoms with Crippen molar-refractivity contribution < 1.29 is 94.8 Å². The van der Waals surface area contributed by atoms with E-state index in [4.69, 9.17) is 28.4 Å². The minimum absolute atomic E-state index is 0.0352. The SMILES string of the molecule is CCN1C(=CC=CC=CC=CC2=[N+](CCCCCC(=O)O)c3ccc4c(S(=O)(=O)[O-])cc(S(=O)(=O)O)cc4c3C2(C)CCOCCOCCOC)C(C)(CCOCCOCCOC)c2c1ccc1c(S(=O)(=O)O)cc(S(=O)(=O)O)cc21. The van der Waals surface area contributed by atoms with Crippen molar-refractivity contribution in [3.8, 4) is 0 Å². The molecule has 4 aromatic rings. The van der Waals surface area contributed by atoms with Crippen molar-refractivity contribution in [1.82, 2.24) is 0 Å². The molecule has 22 nitrogen and oxygen atoms in total. The molecular weight excluding hydrogens is 1140 g/mol. The van der Waals surface area contributed by atoms with E-state index in [9.17, 15) is 61.8 Å². The predicted molar refractivity (Wildman–Crippen MR) is 301 cm³/mol. The Labute approximate surface area is 473 Å². The third kappa shape index (κ3) is 15.7. The van der Waals surface area contributed by atoms with Gasteiger partial charge in [-0.15, -0.1) is 0 Å². The lowest BCUT2D eigenvalue weighted by Crippen LogP contribution is -2.33. The molecule has 6 rings (SSSR count). The van der Waals surface area contributed by atoms with Crippen molar-refractivity contribution in [2.24, 2.45) is 0 Å². The van der Waals surface area contributed by atoms with Crippen LogP contribution >= 0.6 is 0 Å². The van der Waals surface area contributed by atoms with Crippen molar-refractivity contribution in [1.29, 1.82) is 0 Å². The summed E-state index contributed by atoms with van der Waals surface area (Å²) in [6, 6.07) is 9.93. The number of anilines is 1. The first-order valence-electron chi connectivity index (χ1n) is 26.0. The first kappa shape index (κ1) is 64.9. The molecule has 2 aliphatic rings. The van der Waals surface area contributed by atoms with Gasteiger partial charge in [0.05, 0.1) is 73.0 Å². The summed E-state index contributed by atoms with van der Waals surface area (Å²) in [4.78, 5) is 10.3. The number of hydrogen-bond donors (Lipinski definition) is 4. The fourth-order valence-electron chi connectivity index (χ4n) is 10.5. The number of benzene rings is 4. The smallest absolute Gasteiger partial charge is 0.303 e. The van der Waals surface area contributed by atoms with Gasteiger partial charge >= 0.3 is 5.97 Å². The summed E-state index contributed by atoms with van der Waals surface area (Å²) in [5.41, 5.74) is 1.51. The summed E-state index contributed by atoms with van der Waals surface area (Å²) >= 11 is 0. The van der Waals surface area contributed by atoms with E-state index in [1.807, 2.05) is 42.4 Å². The van der Waals surface area contributed by atoms with Gasteiger partial charge in [-0.2, -0.15) is 29.8 Å². The molecule has 0 amide bonds. The van der Waals surface area contributed by atoms with Crippen LogP contribution in [0.4, 0.5) is 11.4 Å². The normalized spacial score (nSPS) is 18.5. The van der Waals surface area contributed by atoms with Gasteiger partial charge in [0.25, 0.3) is 30.4 Å². The Kier molecular flexibility index (Phi) is 22.3. The zero-order chi connectivity index (χ0) is 59.4. The van der Waals surface area contributed by atoms with Crippen LogP contribution in [-0.2, 0) is 84.5 Å². The lowest BCUT2D eigenvalue weighted by atomic mass is 9.75. The minimum Gasteiger partial charge on any atom is -0.744 e. The lowest BCUT2D eigenvalue weighted by Gasteiger charge is -2.30.